The summed E-state index contributed by atoms with van der Waals surface area (Å²) in [5.41, 5.74) is 7.18. The highest BCUT2D eigenvalue weighted by atomic mass is 16.5. The van der Waals surface area contributed by atoms with E-state index < -0.39 is 0 Å². The average molecular weight is 318 g/mol. The van der Waals surface area contributed by atoms with Crippen molar-refractivity contribution in [1.82, 2.24) is 0 Å². The first-order chi connectivity index (χ1) is 11.8. The number of benzene rings is 3. The van der Waals surface area contributed by atoms with Crippen LogP contribution < -0.4 is 0 Å². The SMILES string of the molecule is COCc1ccccc1-c1ccc(-c2ccccc2)cc1COC. The summed E-state index contributed by atoms with van der Waals surface area (Å²) in [7, 11) is 3.46. The molecule has 0 radical (unpaired) electrons. The minimum Gasteiger partial charge on any atom is -0.380 e. The lowest BCUT2D eigenvalue weighted by molar-refractivity contribution is 0.184. The molecule has 0 bridgehead atoms. The molecule has 0 fully saturated rings. The Bertz CT molecular complexity index is 794. The van der Waals surface area contributed by atoms with Crippen LogP contribution in [0, 0.1) is 0 Å². The number of hydrogen-bond acceptors (Lipinski definition) is 2. The van der Waals surface area contributed by atoms with Gasteiger partial charge in [0.1, 0.15) is 0 Å². The van der Waals surface area contributed by atoms with Crippen molar-refractivity contribution < 1.29 is 9.47 Å². The summed E-state index contributed by atoms with van der Waals surface area (Å²) in [4.78, 5) is 0. The predicted molar refractivity (Wildman–Crippen MR) is 98.7 cm³/mol. The van der Waals surface area contributed by atoms with E-state index in [2.05, 4.69) is 60.7 Å². The highest BCUT2D eigenvalue weighted by molar-refractivity contribution is 5.75. The van der Waals surface area contributed by atoms with E-state index >= 15 is 0 Å². The van der Waals surface area contributed by atoms with Gasteiger partial charge < -0.3 is 9.47 Å². The fraction of sp³-hybridized carbons (Fsp3) is 0.182. The maximum Gasteiger partial charge on any atom is 0.0719 e. The van der Waals surface area contributed by atoms with Gasteiger partial charge in [0, 0.05) is 14.2 Å². The van der Waals surface area contributed by atoms with Crippen molar-refractivity contribution in [2.24, 2.45) is 0 Å². The van der Waals surface area contributed by atoms with Gasteiger partial charge in [-0.1, -0.05) is 66.7 Å². The molecule has 0 amide bonds. The lowest BCUT2D eigenvalue weighted by Gasteiger charge is -2.15. The highest BCUT2D eigenvalue weighted by Crippen LogP contribution is 2.31. The molecule has 2 nitrogen and oxygen atoms in total. The maximum atomic E-state index is 5.45. The van der Waals surface area contributed by atoms with Crippen molar-refractivity contribution in [1.29, 1.82) is 0 Å². The zero-order chi connectivity index (χ0) is 16.8. The highest BCUT2D eigenvalue weighted by Gasteiger charge is 2.11. The monoisotopic (exact) mass is 318 g/mol. The summed E-state index contributed by atoms with van der Waals surface area (Å²) in [6, 6.07) is 25.4. The fourth-order valence-corrected chi connectivity index (χ4v) is 3.01. The van der Waals surface area contributed by atoms with Gasteiger partial charge in [0.2, 0.25) is 0 Å². The zero-order valence-electron chi connectivity index (χ0n) is 14.2. The second kappa shape index (κ2) is 7.91. The van der Waals surface area contributed by atoms with Crippen molar-refractivity contribution in [2.75, 3.05) is 14.2 Å². The quantitative estimate of drug-likeness (QED) is 0.613. The van der Waals surface area contributed by atoms with E-state index in [-0.39, 0.29) is 0 Å². The van der Waals surface area contributed by atoms with Crippen LogP contribution in [0.2, 0.25) is 0 Å². The van der Waals surface area contributed by atoms with Gasteiger partial charge in [-0.05, 0) is 39.4 Å². The third-order valence-electron chi connectivity index (χ3n) is 4.12. The molecule has 0 unspecified atom stereocenters. The summed E-state index contributed by atoms with van der Waals surface area (Å²) < 4.78 is 10.8. The Hall–Kier alpha value is -2.42. The maximum absolute atomic E-state index is 5.45. The summed E-state index contributed by atoms with van der Waals surface area (Å²) in [5.74, 6) is 0. The van der Waals surface area contributed by atoms with Gasteiger partial charge in [-0.25, -0.2) is 0 Å². The van der Waals surface area contributed by atoms with Crippen molar-refractivity contribution in [3.63, 3.8) is 0 Å². The van der Waals surface area contributed by atoms with Crippen LogP contribution in [0.15, 0.2) is 72.8 Å². The Morgan fingerprint density at radius 3 is 1.96 bits per heavy atom. The van der Waals surface area contributed by atoms with Gasteiger partial charge >= 0.3 is 0 Å². The van der Waals surface area contributed by atoms with E-state index in [0.717, 1.165) is 0 Å². The minimum atomic E-state index is 0.581. The van der Waals surface area contributed by atoms with Crippen LogP contribution in [0.25, 0.3) is 22.3 Å². The molecule has 122 valence electrons. The lowest BCUT2D eigenvalue weighted by Crippen LogP contribution is -1.97. The van der Waals surface area contributed by atoms with Gasteiger partial charge in [-0.15, -0.1) is 0 Å². The Balaban J connectivity index is 2.09. The van der Waals surface area contributed by atoms with E-state index in [1.165, 1.54) is 33.4 Å². The van der Waals surface area contributed by atoms with E-state index in [1.54, 1.807) is 14.2 Å². The first-order valence-electron chi connectivity index (χ1n) is 8.08. The molecule has 0 aliphatic carbocycles. The molecular formula is C22H22O2. The van der Waals surface area contributed by atoms with Gasteiger partial charge in [-0.3, -0.25) is 0 Å². The van der Waals surface area contributed by atoms with Crippen LogP contribution in [0.1, 0.15) is 11.1 Å². The molecule has 2 heteroatoms. The summed E-state index contributed by atoms with van der Waals surface area (Å²) in [5, 5.41) is 0. The topological polar surface area (TPSA) is 18.5 Å². The molecule has 24 heavy (non-hydrogen) atoms. The van der Waals surface area contributed by atoms with E-state index in [0.29, 0.717) is 13.2 Å². The molecule has 0 aromatic heterocycles. The molecule has 0 saturated heterocycles. The largest absolute Gasteiger partial charge is 0.380 e. The summed E-state index contributed by atoms with van der Waals surface area (Å²) >= 11 is 0. The fourth-order valence-electron chi connectivity index (χ4n) is 3.01. The standard InChI is InChI=1S/C22H22O2/c1-23-15-19-10-6-7-11-21(19)22-13-12-18(14-20(22)16-24-2)17-8-4-3-5-9-17/h3-14H,15-16H2,1-2H3. The normalized spacial score (nSPS) is 10.8. The average Bonchev–Trinajstić information content (AvgIpc) is 2.64. The molecule has 3 rings (SSSR count). The van der Waals surface area contributed by atoms with E-state index in [4.69, 9.17) is 9.47 Å². The first-order valence-corrected chi connectivity index (χ1v) is 8.08. The predicted octanol–water partition coefficient (Wildman–Crippen LogP) is 5.31. The third-order valence-corrected chi connectivity index (χ3v) is 4.12. The smallest absolute Gasteiger partial charge is 0.0719 e. The second-order valence-electron chi connectivity index (χ2n) is 5.76. The molecule has 0 aliphatic heterocycles. The van der Waals surface area contributed by atoms with Crippen LogP contribution in [0.3, 0.4) is 0 Å². The van der Waals surface area contributed by atoms with Crippen LogP contribution >= 0.6 is 0 Å². The molecule has 0 saturated carbocycles. The Labute approximate surface area is 143 Å². The number of ether oxygens (including phenoxy) is 2. The third kappa shape index (κ3) is 3.56. The minimum absolute atomic E-state index is 0.581. The number of hydrogen-bond donors (Lipinski definition) is 0. The van der Waals surface area contributed by atoms with Crippen LogP contribution in [0.5, 0.6) is 0 Å². The zero-order valence-corrected chi connectivity index (χ0v) is 14.2. The molecule has 0 atom stereocenters. The molecule has 3 aromatic carbocycles. The number of methoxy groups -OCH3 is 2. The Kier molecular flexibility index (Phi) is 5.42. The molecule has 0 heterocycles. The second-order valence-corrected chi connectivity index (χ2v) is 5.76. The van der Waals surface area contributed by atoms with Crippen molar-refractivity contribution in [3.8, 4) is 22.3 Å². The summed E-state index contributed by atoms with van der Waals surface area (Å²) in [6.45, 7) is 1.18. The van der Waals surface area contributed by atoms with Crippen molar-refractivity contribution in [3.05, 3.63) is 83.9 Å². The van der Waals surface area contributed by atoms with E-state index in [9.17, 15) is 0 Å². The lowest BCUT2D eigenvalue weighted by atomic mass is 9.93. The van der Waals surface area contributed by atoms with Crippen molar-refractivity contribution >= 4 is 0 Å². The van der Waals surface area contributed by atoms with Crippen LogP contribution in [-0.2, 0) is 22.7 Å². The van der Waals surface area contributed by atoms with Crippen molar-refractivity contribution in [2.45, 2.75) is 13.2 Å². The Morgan fingerprint density at radius 2 is 1.21 bits per heavy atom. The van der Waals surface area contributed by atoms with Crippen LogP contribution in [0.4, 0.5) is 0 Å². The molecule has 0 N–H and O–H groups in total. The van der Waals surface area contributed by atoms with Gasteiger partial charge in [-0.2, -0.15) is 0 Å². The first kappa shape index (κ1) is 16.4. The molecule has 0 spiro atoms. The molecule has 0 aliphatic rings. The molecular weight excluding hydrogens is 296 g/mol. The van der Waals surface area contributed by atoms with E-state index in [1.807, 2.05) is 12.1 Å². The van der Waals surface area contributed by atoms with Gasteiger partial charge in [0.05, 0.1) is 13.2 Å². The van der Waals surface area contributed by atoms with Gasteiger partial charge in [0.25, 0.3) is 0 Å². The summed E-state index contributed by atoms with van der Waals surface area (Å²) in [6.07, 6.45) is 0. The molecule has 3 aromatic rings. The Morgan fingerprint density at radius 1 is 0.583 bits per heavy atom. The van der Waals surface area contributed by atoms with Gasteiger partial charge in [0.15, 0.2) is 0 Å². The van der Waals surface area contributed by atoms with Crippen LogP contribution in [-0.4, -0.2) is 14.2 Å². The number of rotatable bonds is 6.